The highest BCUT2D eigenvalue weighted by molar-refractivity contribution is 6.00. The van der Waals surface area contributed by atoms with Crippen molar-refractivity contribution in [2.75, 3.05) is 26.1 Å². The van der Waals surface area contributed by atoms with Gasteiger partial charge in [-0.25, -0.2) is 4.79 Å². The Balaban J connectivity index is 1.66. The van der Waals surface area contributed by atoms with Gasteiger partial charge in [0.2, 0.25) is 0 Å². The maximum Gasteiger partial charge on any atom is 0.338 e. The molecule has 1 aliphatic heterocycles. The summed E-state index contributed by atoms with van der Waals surface area (Å²) >= 11 is 0. The van der Waals surface area contributed by atoms with Gasteiger partial charge in [0.15, 0.2) is 6.10 Å². The summed E-state index contributed by atoms with van der Waals surface area (Å²) in [5.41, 5.74) is 1.56. The molecule has 1 N–H and O–H groups in total. The lowest BCUT2D eigenvalue weighted by atomic mass is 10.1. The predicted molar refractivity (Wildman–Crippen MR) is 104 cm³/mol. The van der Waals surface area contributed by atoms with Gasteiger partial charge in [-0.05, 0) is 31.2 Å². The van der Waals surface area contributed by atoms with Gasteiger partial charge in [0, 0.05) is 11.6 Å². The van der Waals surface area contributed by atoms with Crippen LogP contribution in [0.2, 0.25) is 0 Å². The number of methoxy groups -OCH3 is 2. The number of carbonyl (C=O) groups excluding carboxylic acids is 2. The van der Waals surface area contributed by atoms with Crippen LogP contribution in [0.4, 0.5) is 5.69 Å². The van der Waals surface area contributed by atoms with Gasteiger partial charge < -0.3 is 24.3 Å². The Kier molecular flexibility index (Phi) is 5.84. The van der Waals surface area contributed by atoms with Crippen LogP contribution in [-0.2, 0) is 14.3 Å². The summed E-state index contributed by atoms with van der Waals surface area (Å²) in [6.45, 7) is 1.59. The van der Waals surface area contributed by atoms with Crippen LogP contribution in [0.1, 0.15) is 12.5 Å². The van der Waals surface area contributed by atoms with Crippen molar-refractivity contribution in [2.45, 2.75) is 13.0 Å². The number of nitrogens with one attached hydrogen (secondary N) is 1. The first-order valence-electron chi connectivity index (χ1n) is 8.68. The van der Waals surface area contributed by atoms with Crippen LogP contribution < -0.4 is 19.5 Å². The van der Waals surface area contributed by atoms with Crippen molar-refractivity contribution in [2.24, 2.45) is 0 Å². The van der Waals surface area contributed by atoms with Crippen molar-refractivity contribution in [1.82, 2.24) is 0 Å². The maximum atomic E-state index is 12.5. The predicted octanol–water partition coefficient (Wildman–Crippen LogP) is 3.05. The number of hydrogen-bond donors (Lipinski definition) is 1. The van der Waals surface area contributed by atoms with E-state index in [1.165, 1.54) is 21.1 Å². The van der Waals surface area contributed by atoms with Crippen molar-refractivity contribution >= 4 is 23.6 Å². The molecule has 1 atom stereocenters. The third-order valence-electron chi connectivity index (χ3n) is 4.21. The molecule has 0 radical (unpaired) electrons. The lowest BCUT2D eigenvalue weighted by Gasteiger charge is -2.19. The monoisotopic (exact) mass is 383 g/mol. The van der Waals surface area contributed by atoms with Gasteiger partial charge in [-0.1, -0.05) is 18.2 Å². The minimum Gasteiger partial charge on any atom is -0.497 e. The highest BCUT2D eigenvalue weighted by atomic mass is 16.6. The van der Waals surface area contributed by atoms with Crippen LogP contribution in [0.15, 0.2) is 48.0 Å². The van der Waals surface area contributed by atoms with Gasteiger partial charge in [-0.2, -0.15) is 0 Å². The van der Waals surface area contributed by atoms with Crippen molar-refractivity contribution in [3.05, 3.63) is 53.6 Å². The first kappa shape index (κ1) is 19.3. The van der Waals surface area contributed by atoms with E-state index in [0.717, 1.165) is 5.56 Å². The van der Waals surface area contributed by atoms with E-state index in [1.54, 1.807) is 24.3 Å². The highest BCUT2D eigenvalue weighted by Gasteiger charge is 2.24. The third kappa shape index (κ3) is 4.25. The SMILES string of the molecule is COc1ccc(OC)c(NC(=O)C(C)OC(=O)C2=Cc3ccccc3OC2)c1. The van der Waals surface area contributed by atoms with Gasteiger partial charge in [0.05, 0.1) is 25.5 Å². The van der Waals surface area contributed by atoms with Gasteiger partial charge >= 0.3 is 5.97 Å². The minimum atomic E-state index is -1.01. The number of ether oxygens (including phenoxy) is 4. The molecule has 7 heteroatoms. The highest BCUT2D eigenvalue weighted by Crippen LogP contribution is 2.29. The van der Waals surface area contributed by atoms with Crippen LogP contribution >= 0.6 is 0 Å². The molecule has 0 aromatic heterocycles. The molecule has 0 fully saturated rings. The van der Waals surface area contributed by atoms with Gasteiger partial charge in [-0.3, -0.25) is 4.79 Å². The van der Waals surface area contributed by atoms with Gasteiger partial charge in [-0.15, -0.1) is 0 Å². The van der Waals surface area contributed by atoms with E-state index in [9.17, 15) is 9.59 Å². The number of amides is 1. The number of benzene rings is 2. The first-order chi connectivity index (χ1) is 13.5. The number of carbonyl (C=O) groups is 2. The molecule has 3 rings (SSSR count). The summed E-state index contributed by atoms with van der Waals surface area (Å²) in [6.07, 6.45) is 0.693. The standard InChI is InChI=1S/C21H21NO6/c1-13(20(23)22-17-11-16(25-2)8-9-19(17)26-3)28-21(24)15-10-14-6-4-5-7-18(14)27-12-15/h4-11,13H,12H2,1-3H3,(H,22,23). The molecular weight excluding hydrogens is 362 g/mol. The first-order valence-corrected chi connectivity index (χ1v) is 8.68. The summed E-state index contributed by atoms with van der Waals surface area (Å²) in [5.74, 6) is 0.638. The Morgan fingerprint density at radius 2 is 1.89 bits per heavy atom. The van der Waals surface area contributed by atoms with E-state index in [1.807, 2.05) is 24.3 Å². The molecule has 1 unspecified atom stereocenters. The fourth-order valence-corrected chi connectivity index (χ4v) is 2.67. The van der Waals surface area contributed by atoms with Crippen molar-refractivity contribution in [3.8, 4) is 17.2 Å². The van der Waals surface area contributed by atoms with E-state index in [-0.39, 0.29) is 6.61 Å². The molecule has 0 bridgehead atoms. The Morgan fingerprint density at radius 3 is 2.64 bits per heavy atom. The van der Waals surface area contributed by atoms with Crippen molar-refractivity contribution < 1.29 is 28.5 Å². The van der Waals surface area contributed by atoms with Crippen molar-refractivity contribution in [1.29, 1.82) is 0 Å². The molecule has 7 nitrogen and oxygen atoms in total. The molecule has 0 saturated heterocycles. The summed E-state index contributed by atoms with van der Waals surface area (Å²) in [5, 5.41) is 2.69. The number of esters is 1. The molecule has 0 saturated carbocycles. The second-order valence-electron chi connectivity index (χ2n) is 6.10. The van der Waals surface area contributed by atoms with Crippen LogP contribution in [0.3, 0.4) is 0 Å². The number of anilines is 1. The second kappa shape index (κ2) is 8.47. The molecule has 0 spiro atoms. The quantitative estimate of drug-likeness (QED) is 0.772. The second-order valence-corrected chi connectivity index (χ2v) is 6.10. The summed E-state index contributed by atoms with van der Waals surface area (Å²) < 4.78 is 21.2. The van der Waals surface area contributed by atoms with Crippen LogP contribution in [0.25, 0.3) is 6.08 Å². The Bertz CT molecular complexity index is 921. The minimum absolute atomic E-state index is 0.0912. The molecule has 28 heavy (non-hydrogen) atoms. The smallest absolute Gasteiger partial charge is 0.338 e. The maximum absolute atomic E-state index is 12.5. The average molecular weight is 383 g/mol. The number of rotatable bonds is 6. The van der Waals surface area contributed by atoms with E-state index in [2.05, 4.69) is 5.32 Å². The molecule has 146 valence electrons. The topological polar surface area (TPSA) is 83.1 Å². The van der Waals surface area contributed by atoms with Gasteiger partial charge in [0.1, 0.15) is 23.9 Å². The molecule has 1 heterocycles. The van der Waals surface area contributed by atoms with Crippen LogP contribution in [0.5, 0.6) is 17.2 Å². The molecule has 2 aromatic rings. The van der Waals surface area contributed by atoms with Crippen molar-refractivity contribution in [3.63, 3.8) is 0 Å². The summed E-state index contributed by atoms with van der Waals surface area (Å²) in [7, 11) is 3.02. The fourth-order valence-electron chi connectivity index (χ4n) is 2.67. The van der Waals surface area contributed by atoms with Crippen LogP contribution in [-0.4, -0.2) is 38.8 Å². The zero-order chi connectivity index (χ0) is 20.1. The van der Waals surface area contributed by atoms with E-state index in [4.69, 9.17) is 18.9 Å². The van der Waals surface area contributed by atoms with E-state index < -0.39 is 18.0 Å². The zero-order valence-corrected chi connectivity index (χ0v) is 15.9. The van der Waals surface area contributed by atoms with E-state index in [0.29, 0.717) is 28.5 Å². The van der Waals surface area contributed by atoms with Gasteiger partial charge in [0.25, 0.3) is 5.91 Å². The Labute approximate surface area is 162 Å². The third-order valence-corrected chi connectivity index (χ3v) is 4.21. The molecular formula is C21H21NO6. The number of hydrogen-bond acceptors (Lipinski definition) is 6. The molecule has 2 aromatic carbocycles. The lowest BCUT2D eigenvalue weighted by Crippen LogP contribution is -2.31. The Hall–Kier alpha value is -3.48. The summed E-state index contributed by atoms with van der Waals surface area (Å²) in [6, 6.07) is 12.4. The summed E-state index contributed by atoms with van der Waals surface area (Å²) in [4.78, 5) is 24.9. The average Bonchev–Trinajstić information content (AvgIpc) is 2.73. The normalized spacial score (nSPS) is 13.3. The molecule has 1 amide bonds. The zero-order valence-electron chi connectivity index (χ0n) is 15.9. The Morgan fingerprint density at radius 1 is 1.11 bits per heavy atom. The van der Waals surface area contributed by atoms with Crippen LogP contribution in [0, 0.1) is 0 Å². The number of para-hydroxylation sites is 1. The molecule has 0 aliphatic carbocycles. The fraction of sp³-hybridized carbons (Fsp3) is 0.238. The number of fused-ring (bicyclic) bond motifs is 1. The largest absolute Gasteiger partial charge is 0.497 e. The molecule has 1 aliphatic rings. The lowest BCUT2D eigenvalue weighted by molar-refractivity contribution is -0.149. The van der Waals surface area contributed by atoms with E-state index >= 15 is 0 Å².